The molecule has 2 heterocycles. The number of benzene rings is 2. The molecule has 1 N–H and O–H groups in total. The van der Waals surface area contributed by atoms with Gasteiger partial charge in [0, 0.05) is 13.0 Å². The highest BCUT2D eigenvalue weighted by molar-refractivity contribution is 6.04. The van der Waals surface area contributed by atoms with Crippen LogP contribution in [0, 0.1) is 6.92 Å². The van der Waals surface area contributed by atoms with E-state index in [2.05, 4.69) is 10.3 Å². The predicted octanol–water partition coefficient (Wildman–Crippen LogP) is 5.39. The molecule has 8 heteroatoms. The van der Waals surface area contributed by atoms with Crippen LogP contribution in [0.5, 0.6) is 0 Å². The average molecular weight is 488 g/mol. The number of hydrogen-bond acceptors (Lipinski definition) is 4. The number of halogens is 3. The van der Waals surface area contributed by atoms with E-state index >= 15 is 0 Å². The van der Waals surface area contributed by atoms with Crippen molar-refractivity contribution in [2.45, 2.75) is 63.9 Å². The van der Waals surface area contributed by atoms with E-state index in [9.17, 15) is 18.0 Å². The standard InChI is InChI=1S/C27H32F3N3O2/c1-4-24-31-16-25(34)33(24)23-10-11-26(32-15-23,21-8-6-5-7-9-21)17-35-19(3)20-12-18(2)13-22(14-20)27(28,29)30/h5-9,12-14,19,23,32H,4,10-11,15-17H2,1-3H3/t19-,23-,26-/m1/s1. The van der Waals surface area contributed by atoms with E-state index in [4.69, 9.17) is 4.74 Å². The van der Waals surface area contributed by atoms with Crippen LogP contribution >= 0.6 is 0 Å². The van der Waals surface area contributed by atoms with Gasteiger partial charge in [0.2, 0.25) is 5.91 Å². The summed E-state index contributed by atoms with van der Waals surface area (Å²) in [6.45, 7) is 6.53. The maximum atomic E-state index is 13.3. The number of rotatable bonds is 7. The number of aryl methyl sites for hydroxylation is 1. The van der Waals surface area contributed by atoms with Crippen LogP contribution in [0.2, 0.25) is 0 Å². The van der Waals surface area contributed by atoms with Crippen molar-refractivity contribution in [1.82, 2.24) is 10.2 Å². The lowest BCUT2D eigenvalue weighted by Crippen LogP contribution is -2.58. The van der Waals surface area contributed by atoms with Crippen LogP contribution in [0.15, 0.2) is 53.5 Å². The fourth-order valence-corrected chi connectivity index (χ4v) is 5.07. The molecular formula is C27H32F3N3O2. The number of carbonyl (C=O) groups is 1. The molecular weight excluding hydrogens is 455 g/mol. The van der Waals surface area contributed by atoms with E-state index in [1.165, 1.54) is 6.07 Å². The number of alkyl halides is 3. The number of ether oxygens (including phenoxy) is 1. The molecule has 3 atom stereocenters. The van der Waals surface area contributed by atoms with Gasteiger partial charge in [-0.3, -0.25) is 14.7 Å². The minimum Gasteiger partial charge on any atom is -0.372 e. The molecule has 1 amide bonds. The Morgan fingerprint density at radius 3 is 2.60 bits per heavy atom. The number of nitrogens with zero attached hydrogens (tertiary/aromatic N) is 2. The van der Waals surface area contributed by atoms with Crippen molar-refractivity contribution in [2.24, 2.45) is 4.99 Å². The second kappa shape index (κ2) is 10.1. The van der Waals surface area contributed by atoms with Crippen LogP contribution in [0.4, 0.5) is 13.2 Å². The number of amidine groups is 1. The Morgan fingerprint density at radius 1 is 1.23 bits per heavy atom. The van der Waals surface area contributed by atoms with Crippen LogP contribution in [-0.2, 0) is 21.2 Å². The molecule has 0 bridgehead atoms. The fourth-order valence-electron chi connectivity index (χ4n) is 5.07. The molecule has 1 saturated heterocycles. The molecule has 5 nitrogen and oxygen atoms in total. The third kappa shape index (κ3) is 5.43. The van der Waals surface area contributed by atoms with E-state index in [0.29, 0.717) is 30.7 Å². The molecule has 188 valence electrons. The summed E-state index contributed by atoms with van der Waals surface area (Å²) in [4.78, 5) is 18.7. The third-order valence-electron chi connectivity index (χ3n) is 7.01. The molecule has 1 fully saturated rings. The Hall–Kier alpha value is -2.71. The number of nitrogens with one attached hydrogen (secondary N) is 1. The first kappa shape index (κ1) is 25.4. The van der Waals surface area contributed by atoms with Crippen LogP contribution in [0.25, 0.3) is 0 Å². The lowest BCUT2D eigenvalue weighted by Gasteiger charge is -2.44. The number of hydrogen-bond donors (Lipinski definition) is 1. The topological polar surface area (TPSA) is 53.9 Å². The summed E-state index contributed by atoms with van der Waals surface area (Å²) < 4.78 is 46.2. The second-order valence-electron chi connectivity index (χ2n) is 9.45. The van der Waals surface area contributed by atoms with Crippen LogP contribution in [0.1, 0.15) is 61.5 Å². The Kier molecular flexibility index (Phi) is 7.33. The normalized spacial score (nSPS) is 23.9. The van der Waals surface area contributed by atoms with E-state index in [1.807, 2.05) is 42.2 Å². The van der Waals surface area contributed by atoms with Gasteiger partial charge >= 0.3 is 6.18 Å². The molecule has 0 saturated carbocycles. The van der Waals surface area contributed by atoms with Crippen LogP contribution in [-0.4, -0.2) is 42.4 Å². The number of piperidine rings is 1. The predicted molar refractivity (Wildman–Crippen MR) is 129 cm³/mol. The minimum absolute atomic E-state index is 0.0177. The number of amides is 1. The lowest BCUT2D eigenvalue weighted by atomic mass is 9.81. The largest absolute Gasteiger partial charge is 0.416 e. The molecule has 35 heavy (non-hydrogen) atoms. The molecule has 0 aromatic heterocycles. The zero-order valence-corrected chi connectivity index (χ0v) is 20.4. The SMILES string of the molecule is CCC1=NCC(=O)N1[C@@H]1CC[C@@](CO[C@H](C)c2cc(C)cc(C(F)(F)F)c2)(c2ccccc2)NC1. The van der Waals surface area contributed by atoms with Gasteiger partial charge in [0.15, 0.2) is 0 Å². The van der Waals surface area contributed by atoms with Gasteiger partial charge in [-0.05, 0) is 49.9 Å². The number of carbonyl (C=O) groups excluding carboxylic acids is 1. The maximum Gasteiger partial charge on any atom is 0.416 e. The van der Waals surface area contributed by atoms with Crippen molar-refractivity contribution in [2.75, 3.05) is 19.7 Å². The highest BCUT2D eigenvalue weighted by Crippen LogP contribution is 2.36. The lowest BCUT2D eigenvalue weighted by molar-refractivity contribution is -0.137. The molecule has 0 unspecified atom stereocenters. The number of aliphatic imine (C=N–C) groups is 1. The van der Waals surface area contributed by atoms with Gasteiger partial charge in [0.25, 0.3) is 0 Å². The summed E-state index contributed by atoms with van der Waals surface area (Å²) in [6, 6.07) is 14.0. The van der Waals surface area contributed by atoms with Gasteiger partial charge in [0.05, 0.1) is 29.9 Å². The Balaban J connectivity index is 1.52. The van der Waals surface area contributed by atoms with Crippen molar-refractivity contribution in [3.63, 3.8) is 0 Å². The molecule has 2 aromatic carbocycles. The highest BCUT2D eigenvalue weighted by Gasteiger charge is 2.41. The van der Waals surface area contributed by atoms with Gasteiger partial charge in [-0.2, -0.15) is 13.2 Å². The van der Waals surface area contributed by atoms with Gasteiger partial charge < -0.3 is 10.1 Å². The molecule has 0 spiro atoms. The first-order valence-corrected chi connectivity index (χ1v) is 12.1. The summed E-state index contributed by atoms with van der Waals surface area (Å²) in [5.41, 5.74) is 0.937. The molecule has 0 radical (unpaired) electrons. The van der Waals surface area contributed by atoms with Crippen molar-refractivity contribution in [3.05, 3.63) is 70.8 Å². The Morgan fingerprint density at radius 2 is 1.97 bits per heavy atom. The van der Waals surface area contributed by atoms with Crippen molar-refractivity contribution >= 4 is 11.7 Å². The van der Waals surface area contributed by atoms with Gasteiger partial charge in [-0.25, -0.2) is 0 Å². The van der Waals surface area contributed by atoms with E-state index in [-0.39, 0.29) is 18.5 Å². The Labute approximate surface area is 204 Å². The Bertz CT molecular complexity index is 1080. The van der Waals surface area contributed by atoms with E-state index < -0.39 is 23.4 Å². The fraction of sp³-hybridized carbons (Fsp3) is 0.481. The third-order valence-corrected chi connectivity index (χ3v) is 7.01. The van der Waals surface area contributed by atoms with Crippen molar-refractivity contribution in [1.29, 1.82) is 0 Å². The van der Waals surface area contributed by atoms with E-state index in [1.54, 1.807) is 19.9 Å². The monoisotopic (exact) mass is 487 g/mol. The van der Waals surface area contributed by atoms with E-state index in [0.717, 1.165) is 30.3 Å². The quantitative estimate of drug-likeness (QED) is 0.570. The minimum atomic E-state index is -4.40. The molecule has 2 aliphatic rings. The summed E-state index contributed by atoms with van der Waals surface area (Å²) in [6.07, 6.45) is -2.72. The van der Waals surface area contributed by atoms with Crippen LogP contribution in [0.3, 0.4) is 0 Å². The molecule has 4 rings (SSSR count). The smallest absolute Gasteiger partial charge is 0.372 e. The first-order valence-electron chi connectivity index (χ1n) is 12.1. The van der Waals surface area contributed by atoms with Gasteiger partial charge in [-0.15, -0.1) is 0 Å². The summed E-state index contributed by atoms with van der Waals surface area (Å²) in [5.74, 6) is 0.865. The molecule has 2 aromatic rings. The zero-order valence-electron chi connectivity index (χ0n) is 20.4. The zero-order chi connectivity index (χ0) is 25.2. The summed E-state index contributed by atoms with van der Waals surface area (Å²) in [5, 5.41) is 3.64. The van der Waals surface area contributed by atoms with Gasteiger partial charge in [0.1, 0.15) is 12.4 Å². The second-order valence-corrected chi connectivity index (χ2v) is 9.45. The van der Waals surface area contributed by atoms with Crippen molar-refractivity contribution < 1.29 is 22.7 Å². The first-order chi connectivity index (χ1) is 16.6. The highest BCUT2D eigenvalue weighted by atomic mass is 19.4. The van der Waals surface area contributed by atoms with Crippen LogP contribution < -0.4 is 5.32 Å². The van der Waals surface area contributed by atoms with Gasteiger partial charge in [-0.1, -0.05) is 48.9 Å². The van der Waals surface area contributed by atoms with Crippen molar-refractivity contribution in [3.8, 4) is 0 Å². The summed E-state index contributed by atoms with van der Waals surface area (Å²) in [7, 11) is 0. The molecule has 0 aliphatic carbocycles. The maximum absolute atomic E-state index is 13.3. The molecule has 2 aliphatic heterocycles. The average Bonchev–Trinajstić information content (AvgIpc) is 3.23. The summed E-state index contributed by atoms with van der Waals surface area (Å²) >= 11 is 0.